The van der Waals surface area contributed by atoms with E-state index in [-0.39, 0.29) is 17.8 Å². The van der Waals surface area contributed by atoms with E-state index in [1.165, 1.54) is 36.4 Å². The average molecular weight is 374 g/mol. The first-order valence-corrected chi connectivity index (χ1v) is 8.59. The molecule has 0 atom stereocenters. The maximum atomic E-state index is 12.6. The quantitative estimate of drug-likeness (QED) is 0.621. The van der Waals surface area contributed by atoms with Crippen molar-refractivity contribution in [3.05, 3.63) is 75.3 Å². The van der Waals surface area contributed by atoms with Gasteiger partial charge in [0.25, 0.3) is 5.69 Å². The van der Waals surface area contributed by atoms with Gasteiger partial charge in [0.05, 0.1) is 16.2 Å². The lowest BCUT2D eigenvalue weighted by molar-refractivity contribution is -0.384. The Morgan fingerprint density at radius 1 is 1.04 bits per heavy atom. The highest BCUT2D eigenvalue weighted by atomic mass is 32.2. The molecule has 10 heteroatoms. The molecule has 0 fully saturated rings. The zero-order valence-corrected chi connectivity index (χ0v) is 13.5. The molecule has 0 amide bonds. The van der Waals surface area contributed by atoms with Crippen molar-refractivity contribution in [3.63, 3.8) is 0 Å². The number of nitrogens with zero attached hydrogens (tertiary/aromatic N) is 1. The van der Waals surface area contributed by atoms with Crippen LogP contribution in [0.4, 0.5) is 18.9 Å². The zero-order chi connectivity index (χ0) is 18.7. The van der Waals surface area contributed by atoms with Crippen molar-refractivity contribution in [3.8, 4) is 0 Å². The van der Waals surface area contributed by atoms with Crippen LogP contribution in [0.1, 0.15) is 16.7 Å². The summed E-state index contributed by atoms with van der Waals surface area (Å²) in [5.41, 5.74) is -0.540. The molecule has 0 aromatic heterocycles. The minimum atomic E-state index is -4.51. The molecule has 0 radical (unpaired) electrons. The normalized spacial score (nSPS) is 12.1. The number of sulfonamides is 1. The second kappa shape index (κ2) is 7.19. The van der Waals surface area contributed by atoms with E-state index in [1.807, 2.05) is 0 Å². The van der Waals surface area contributed by atoms with Gasteiger partial charge in [-0.25, -0.2) is 13.1 Å². The summed E-state index contributed by atoms with van der Waals surface area (Å²) >= 11 is 0. The molecule has 0 unspecified atom stereocenters. The summed E-state index contributed by atoms with van der Waals surface area (Å²) in [6, 6.07) is 9.31. The molecule has 2 aromatic rings. The maximum absolute atomic E-state index is 12.6. The lowest BCUT2D eigenvalue weighted by Gasteiger charge is -2.10. The van der Waals surface area contributed by atoms with E-state index in [9.17, 15) is 31.7 Å². The maximum Gasteiger partial charge on any atom is 0.416 e. The number of nitro benzene ring substituents is 1. The number of nitro groups is 1. The highest BCUT2D eigenvalue weighted by Gasteiger charge is 2.30. The van der Waals surface area contributed by atoms with Crippen LogP contribution in [-0.4, -0.2) is 13.3 Å². The second-order valence-electron chi connectivity index (χ2n) is 5.20. The topological polar surface area (TPSA) is 89.3 Å². The third kappa shape index (κ3) is 5.54. The van der Waals surface area contributed by atoms with Gasteiger partial charge in [0.15, 0.2) is 0 Å². The molecule has 25 heavy (non-hydrogen) atoms. The van der Waals surface area contributed by atoms with Crippen molar-refractivity contribution in [2.45, 2.75) is 18.5 Å². The van der Waals surface area contributed by atoms with Crippen LogP contribution >= 0.6 is 0 Å². The molecule has 2 aromatic carbocycles. The molecule has 0 bridgehead atoms. The lowest BCUT2D eigenvalue weighted by atomic mass is 10.1. The van der Waals surface area contributed by atoms with Crippen LogP contribution in [0.3, 0.4) is 0 Å². The van der Waals surface area contributed by atoms with Gasteiger partial charge in [-0.1, -0.05) is 30.3 Å². The number of hydrogen-bond acceptors (Lipinski definition) is 4. The fraction of sp³-hybridized carbons (Fsp3) is 0.200. The van der Waals surface area contributed by atoms with E-state index in [1.54, 1.807) is 0 Å². The Balaban J connectivity index is 2.03. The van der Waals surface area contributed by atoms with Crippen molar-refractivity contribution in [1.82, 2.24) is 4.72 Å². The number of halogens is 3. The van der Waals surface area contributed by atoms with Gasteiger partial charge in [-0.15, -0.1) is 0 Å². The van der Waals surface area contributed by atoms with E-state index < -0.39 is 32.4 Å². The molecule has 0 saturated carbocycles. The lowest BCUT2D eigenvalue weighted by Crippen LogP contribution is -2.24. The summed E-state index contributed by atoms with van der Waals surface area (Å²) in [5, 5.41) is 10.5. The van der Waals surface area contributed by atoms with E-state index in [2.05, 4.69) is 4.72 Å². The molecule has 2 rings (SSSR count). The summed E-state index contributed by atoms with van der Waals surface area (Å²) in [6.45, 7) is -0.292. The first kappa shape index (κ1) is 18.9. The molecule has 134 valence electrons. The summed E-state index contributed by atoms with van der Waals surface area (Å²) in [5.74, 6) is -0.441. The number of hydrogen-bond donors (Lipinski definition) is 1. The molecule has 1 N–H and O–H groups in total. The fourth-order valence-corrected chi connectivity index (χ4v) is 3.16. The van der Waals surface area contributed by atoms with E-state index in [0.29, 0.717) is 5.56 Å². The Hall–Kier alpha value is -2.46. The Kier molecular flexibility index (Phi) is 5.43. The predicted molar refractivity (Wildman–Crippen MR) is 84.0 cm³/mol. The molecule has 0 aliphatic rings. The third-order valence-electron chi connectivity index (χ3n) is 3.25. The van der Waals surface area contributed by atoms with Gasteiger partial charge >= 0.3 is 6.18 Å². The van der Waals surface area contributed by atoms with Crippen molar-refractivity contribution in [2.75, 3.05) is 0 Å². The van der Waals surface area contributed by atoms with Gasteiger partial charge in [0.2, 0.25) is 10.0 Å². The van der Waals surface area contributed by atoms with Gasteiger partial charge in [-0.3, -0.25) is 10.1 Å². The van der Waals surface area contributed by atoms with E-state index in [0.717, 1.165) is 12.1 Å². The van der Waals surface area contributed by atoms with Crippen LogP contribution in [0, 0.1) is 10.1 Å². The van der Waals surface area contributed by atoms with Crippen molar-refractivity contribution in [1.29, 1.82) is 0 Å². The molecule has 0 saturated heterocycles. The summed E-state index contributed by atoms with van der Waals surface area (Å²) in [7, 11) is -3.82. The molecule has 0 spiro atoms. The molecule has 0 aliphatic carbocycles. The average Bonchev–Trinajstić information content (AvgIpc) is 2.53. The van der Waals surface area contributed by atoms with Crippen molar-refractivity contribution >= 4 is 15.7 Å². The molecule has 6 nitrogen and oxygen atoms in total. The number of benzene rings is 2. The van der Waals surface area contributed by atoms with E-state index in [4.69, 9.17) is 0 Å². The van der Waals surface area contributed by atoms with Crippen molar-refractivity contribution < 1.29 is 26.5 Å². The Morgan fingerprint density at radius 2 is 1.68 bits per heavy atom. The Morgan fingerprint density at radius 3 is 2.24 bits per heavy atom. The van der Waals surface area contributed by atoms with Crippen LogP contribution < -0.4 is 4.72 Å². The standard InChI is InChI=1S/C15H13F3N2O4S/c16-15(17,18)13-3-1-2-12(8-13)9-19-25(23,24)10-11-4-6-14(7-5-11)20(21)22/h1-8,19H,9-10H2. The minimum Gasteiger partial charge on any atom is -0.258 e. The highest BCUT2D eigenvalue weighted by Crippen LogP contribution is 2.29. The first-order chi connectivity index (χ1) is 11.6. The summed E-state index contributed by atoms with van der Waals surface area (Å²) in [6.07, 6.45) is -4.51. The number of alkyl halides is 3. The highest BCUT2D eigenvalue weighted by molar-refractivity contribution is 7.88. The largest absolute Gasteiger partial charge is 0.416 e. The Labute approximate surface area is 141 Å². The van der Waals surface area contributed by atoms with Crippen LogP contribution in [0.25, 0.3) is 0 Å². The summed E-state index contributed by atoms with van der Waals surface area (Å²) < 4.78 is 64.1. The van der Waals surface area contributed by atoms with Crippen molar-refractivity contribution in [2.24, 2.45) is 0 Å². The van der Waals surface area contributed by atoms with E-state index >= 15 is 0 Å². The van der Waals surface area contributed by atoms with Crippen LogP contribution in [0.15, 0.2) is 48.5 Å². The van der Waals surface area contributed by atoms with Crippen LogP contribution in [0.2, 0.25) is 0 Å². The molecular weight excluding hydrogens is 361 g/mol. The molecule has 0 aliphatic heterocycles. The SMILES string of the molecule is O=[N+]([O-])c1ccc(CS(=O)(=O)NCc2cccc(C(F)(F)F)c2)cc1. The van der Waals surface area contributed by atoms with Crippen LogP contribution in [0.5, 0.6) is 0 Å². The zero-order valence-electron chi connectivity index (χ0n) is 12.7. The predicted octanol–water partition coefficient (Wildman–Crippen LogP) is 3.23. The second-order valence-corrected chi connectivity index (χ2v) is 7.01. The van der Waals surface area contributed by atoms with Gasteiger partial charge in [-0.2, -0.15) is 13.2 Å². The number of non-ortho nitro benzene ring substituents is 1. The first-order valence-electron chi connectivity index (χ1n) is 6.94. The number of nitrogens with one attached hydrogen (secondary N) is 1. The van der Waals surface area contributed by atoms with Crippen LogP contribution in [-0.2, 0) is 28.5 Å². The number of rotatable bonds is 6. The molecule has 0 heterocycles. The Bertz CT molecular complexity index is 865. The van der Waals surface area contributed by atoms with Gasteiger partial charge < -0.3 is 0 Å². The fourth-order valence-electron chi connectivity index (χ4n) is 2.04. The summed E-state index contributed by atoms with van der Waals surface area (Å²) in [4.78, 5) is 9.94. The minimum absolute atomic E-state index is 0.168. The van der Waals surface area contributed by atoms with Gasteiger partial charge in [0.1, 0.15) is 0 Å². The van der Waals surface area contributed by atoms with Gasteiger partial charge in [0, 0.05) is 18.7 Å². The smallest absolute Gasteiger partial charge is 0.258 e. The third-order valence-corrected chi connectivity index (χ3v) is 4.55. The molecular formula is C15H13F3N2O4S. The van der Waals surface area contributed by atoms with Gasteiger partial charge in [-0.05, 0) is 17.2 Å². The monoisotopic (exact) mass is 374 g/mol.